The van der Waals surface area contributed by atoms with Crippen molar-refractivity contribution >= 4 is 16.5 Å². The van der Waals surface area contributed by atoms with Crippen molar-refractivity contribution in [1.29, 1.82) is 0 Å². The third-order valence-corrected chi connectivity index (χ3v) is 3.12. The summed E-state index contributed by atoms with van der Waals surface area (Å²) in [6, 6.07) is 0. The van der Waals surface area contributed by atoms with E-state index in [1.54, 1.807) is 11.3 Å². The first kappa shape index (κ1) is 9.86. The van der Waals surface area contributed by atoms with Crippen LogP contribution in [0, 0.1) is 6.92 Å². The van der Waals surface area contributed by atoms with Crippen molar-refractivity contribution < 1.29 is 4.74 Å². The Morgan fingerprint density at radius 1 is 1.50 bits per heavy atom. The number of nitrogens with zero attached hydrogens (tertiary/aromatic N) is 2. The molecule has 0 aromatic carbocycles. The Balaban J connectivity index is 1.77. The van der Waals surface area contributed by atoms with Crippen molar-refractivity contribution in [2.45, 2.75) is 38.9 Å². The van der Waals surface area contributed by atoms with Gasteiger partial charge >= 0.3 is 0 Å². The molecule has 2 heterocycles. The molecule has 0 amide bonds. The van der Waals surface area contributed by atoms with Gasteiger partial charge in [-0.15, -0.1) is 10.2 Å². The standard InChI is InChI=1S/C9H15N3OS/c1-6-3-4-8(13-6)5-10-9-12-11-7(2)14-9/h6,8H,3-5H2,1-2H3,(H,10,12). The second kappa shape index (κ2) is 4.23. The second-order valence-corrected chi connectivity index (χ2v) is 4.83. The summed E-state index contributed by atoms with van der Waals surface area (Å²) >= 11 is 1.58. The van der Waals surface area contributed by atoms with Crippen molar-refractivity contribution in [1.82, 2.24) is 10.2 Å². The van der Waals surface area contributed by atoms with Gasteiger partial charge in [-0.25, -0.2) is 0 Å². The summed E-state index contributed by atoms with van der Waals surface area (Å²) in [7, 11) is 0. The number of aromatic nitrogens is 2. The van der Waals surface area contributed by atoms with Gasteiger partial charge in [-0.05, 0) is 26.7 Å². The fourth-order valence-corrected chi connectivity index (χ4v) is 2.20. The lowest BCUT2D eigenvalue weighted by Gasteiger charge is -2.10. The Morgan fingerprint density at radius 2 is 2.36 bits per heavy atom. The minimum atomic E-state index is 0.342. The number of anilines is 1. The number of hydrogen-bond donors (Lipinski definition) is 1. The maximum atomic E-state index is 5.68. The van der Waals surface area contributed by atoms with Crippen molar-refractivity contribution in [2.75, 3.05) is 11.9 Å². The lowest BCUT2D eigenvalue weighted by atomic mass is 10.2. The molecule has 1 fully saturated rings. The molecule has 1 aromatic rings. The summed E-state index contributed by atoms with van der Waals surface area (Å²) in [6.45, 7) is 4.92. The van der Waals surface area contributed by atoms with Crippen LogP contribution in [-0.2, 0) is 4.74 Å². The zero-order valence-electron chi connectivity index (χ0n) is 8.49. The fourth-order valence-electron chi connectivity index (χ4n) is 1.60. The van der Waals surface area contributed by atoms with E-state index >= 15 is 0 Å². The Kier molecular flexibility index (Phi) is 2.98. The molecule has 2 unspecified atom stereocenters. The van der Waals surface area contributed by atoms with Gasteiger partial charge in [0.1, 0.15) is 5.01 Å². The van der Waals surface area contributed by atoms with Gasteiger partial charge in [-0.2, -0.15) is 0 Å². The third-order valence-electron chi connectivity index (χ3n) is 2.33. The zero-order chi connectivity index (χ0) is 9.97. The maximum absolute atomic E-state index is 5.68. The van der Waals surface area contributed by atoms with E-state index in [0.717, 1.165) is 23.1 Å². The molecular weight excluding hydrogens is 198 g/mol. The third kappa shape index (κ3) is 2.42. The van der Waals surface area contributed by atoms with Crippen LogP contribution in [0.1, 0.15) is 24.8 Å². The Morgan fingerprint density at radius 3 is 2.93 bits per heavy atom. The minimum Gasteiger partial charge on any atom is -0.373 e. The van der Waals surface area contributed by atoms with Crippen LogP contribution >= 0.6 is 11.3 Å². The monoisotopic (exact) mass is 213 g/mol. The fraction of sp³-hybridized carbons (Fsp3) is 0.778. The van der Waals surface area contributed by atoms with Crippen molar-refractivity contribution in [3.63, 3.8) is 0 Å². The van der Waals surface area contributed by atoms with Gasteiger partial charge in [0, 0.05) is 6.54 Å². The molecule has 0 radical (unpaired) electrons. The first-order chi connectivity index (χ1) is 6.74. The zero-order valence-corrected chi connectivity index (χ0v) is 9.30. The van der Waals surface area contributed by atoms with Gasteiger partial charge in [0.05, 0.1) is 12.2 Å². The second-order valence-electron chi connectivity index (χ2n) is 3.65. The predicted octanol–water partition coefficient (Wildman–Crippen LogP) is 1.83. The Bertz CT molecular complexity index is 302. The molecule has 78 valence electrons. The molecular formula is C9H15N3OS. The molecule has 1 aliphatic heterocycles. The van der Waals surface area contributed by atoms with E-state index in [1.807, 2.05) is 6.92 Å². The predicted molar refractivity (Wildman–Crippen MR) is 56.7 cm³/mol. The molecule has 0 spiro atoms. The summed E-state index contributed by atoms with van der Waals surface area (Å²) in [6.07, 6.45) is 3.07. The van der Waals surface area contributed by atoms with Gasteiger partial charge in [-0.3, -0.25) is 0 Å². The summed E-state index contributed by atoms with van der Waals surface area (Å²) in [5.74, 6) is 0. The molecule has 1 N–H and O–H groups in total. The summed E-state index contributed by atoms with van der Waals surface area (Å²) in [4.78, 5) is 0. The molecule has 0 saturated carbocycles. The van der Waals surface area contributed by atoms with Crippen LogP contribution in [0.2, 0.25) is 0 Å². The highest BCUT2D eigenvalue weighted by molar-refractivity contribution is 7.15. The topological polar surface area (TPSA) is 47.0 Å². The molecule has 2 atom stereocenters. The number of rotatable bonds is 3. The Hall–Kier alpha value is -0.680. The average Bonchev–Trinajstić information content (AvgIpc) is 2.72. The van der Waals surface area contributed by atoms with Crippen LogP contribution in [0.15, 0.2) is 0 Å². The van der Waals surface area contributed by atoms with E-state index in [9.17, 15) is 0 Å². The van der Waals surface area contributed by atoms with Gasteiger partial charge < -0.3 is 10.1 Å². The van der Waals surface area contributed by atoms with Crippen molar-refractivity contribution in [2.24, 2.45) is 0 Å². The van der Waals surface area contributed by atoms with Gasteiger partial charge in [0.25, 0.3) is 0 Å². The number of nitrogens with one attached hydrogen (secondary N) is 1. The molecule has 0 bridgehead atoms. The van der Waals surface area contributed by atoms with Gasteiger partial charge in [-0.1, -0.05) is 11.3 Å². The van der Waals surface area contributed by atoms with Crippen LogP contribution in [0.5, 0.6) is 0 Å². The van der Waals surface area contributed by atoms with E-state index in [0.29, 0.717) is 12.2 Å². The minimum absolute atomic E-state index is 0.342. The quantitative estimate of drug-likeness (QED) is 0.832. The molecule has 2 rings (SSSR count). The SMILES string of the molecule is Cc1nnc(NCC2CCC(C)O2)s1. The van der Waals surface area contributed by atoms with E-state index in [2.05, 4.69) is 22.4 Å². The van der Waals surface area contributed by atoms with Crippen LogP contribution in [0.3, 0.4) is 0 Å². The highest BCUT2D eigenvalue weighted by atomic mass is 32.1. The Labute approximate surface area is 87.7 Å². The summed E-state index contributed by atoms with van der Waals surface area (Å²) in [5.41, 5.74) is 0. The summed E-state index contributed by atoms with van der Waals surface area (Å²) < 4.78 is 5.68. The molecule has 1 saturated heterocycles. The van der Waals surface area contributed by atoms with E-state index < -0.39 is 0 Å². The van der Waals surface area contributed by atoms with Crippen LogP contribution in [-0.4, -0.2) is 29.0 Å². The molecule has 0 aliphatic carbocycles. The number of aryl methyl sites for hydroxylation is 1. The van der Waals surface area contributed by atoms with Gasteiger partial charge in [0.2, 0.25) is 5.13 Å². The normalized spacial score (nSPS) is 26.7. The smallest absolute Gasteiger partial charge is 0.205 e. The van der Waals surface area contributed by atoms with Crippen LogP contribution in [0.4, 0.5) is 5.13 Å². The molecule has 5 heteroatoms. The first-order valence-electron chi connectivity index (χ1n) is 4.93. The number of hydrogen-bond acceptors (Lipinski definition) is 5. The van der Waals surface area contributed by atoms with E-state index in [-0.39, 0.29) is 0 Å². The summed E-state index contributed by atoms with van der Waals surface area (Å²) in [5, 5.41) is 13.1. The molecule has 1 aliphatic rings. The van der Waals surface area contributed by atoms with Crippen LogP contribution in [0.25, 0.3) is 0 Å². The molecule has 1 aromatic heterocycles. The van der Waals surface area contributed by atoms with E-state index in [4.69, 9.17) is 4.74 Å². The maximum Gasteiger partial charge on any atom is 0.205 e. The van der Waals surface area contributed by atoms with Crippen molar-refractivity contribution in [3.8, 4) is 0 Å². The molecule has 14 heavy (non-hydrogen) atoms. The lowest BCUT2D eigenvalue weighted by Crippen LogP contribution is -2.19. The highest BCUT2D eigenvalue weighted by Crippen LogP contribution is 2.20. The number of ether oxygens (including phenoxy) is 1. The van der Waals surface area contributed by atoms with Crippen LogP contribution < -0.4 is 5.32 Å². The van der Waals surface area contributed by atoms with E-state index in [1.165, 1.54) is 6.42 Å². The van der Waals surface area contributed by atoms with Gasteiger partial charge in [0.15, 0.2) is 0 Å². The first-order valence-corrected chi connectivity index (χ1v) is 5.75. The molecule has 4 nitrogen and oxygen atoms in total. The largest absolute Gasteiger partial charge is 0.373 e. The average molecular weight is 213 g/mol. The lowest BCUT2D eigenvalue weighted by molar-refractivity contribution is 0.0637. The highest BCUT2D eigenvalue weighted by Gasteiger charge is 2.21. The van der Waals surface area contributed by atoms with Crippen molar-refractivity contribution in [3.05, 3.63) is 5.01 Å².